The number of anilines is 2. The van der Waals surface area contributed by atoms with E-state index in [1.54, 1.807) is 0 Å². The van der Waals surface area contributed by atoms with Crippen LogP contribution in [-0.4, -0.2) is 52.1 Å². The molecule has 1 saturated heterocycles. The molecule has 0 amide bonds. The van der Waals surface area contributed by atoms with Crippen molar-refractivity contribution in [3.63, 3.8) is 0 Å². The van der Waals surface area contributed by atoms with Crippen molar-refractivity contribution >= 4 is 21.6 Å². The van der Waals surface area contributed by atoms with Crippen molar-refractivity contribution in [2.75, 3.05) is 42.3 Å². The van der Waals surface area contributed by atoms with Gasteiger partial charge in [-0.2, -0.15) is 13.1 Å². The number of nitrogens with zero attached hydrogens (tertiary/aromatic N) is 2. The zero-order chi connectivity index (χ0) is 16.3. The third-order valence-corrected chi connectivity index (χ3v) is 5.49. The van der Waals surface area contributed by atoms with Gasteiger partial charge in [0.2, 0.25) is 0 Å². The molecule has 0 atom stereocenters. The Morgan fingerprint density at radius 3 is 2.30 bits per heavy atom. The van der Waals surface area contributed by atoms with Crippen LogP contribution in [0.4, 0.5) is 11.4 Å². The lowest BCUT2D eigenvalue weighted by Crippen LogP contribution is -2.47. The lowest BCUT2D eigenvalue weighted by atomic mass is 10.2. The van der Waals surface area contributed by atoms with E-state index < -0.39 is 10.2 Å². The molecule has 3 rings (SSSR count). The SMILES string of the molecule is CCCNS(=O)(=O)Nc1ccc(N2CCN(C3CC3)CC2)cc1. The second-order valence-electron chi connectivity index (χ2n) is 6.30. The molecule has 6 nitrogen and oxygen atoms in total. The number of hydrogen-bond donors (Lipinski definition) is 2. The lowest BCUT2D eigenvalue weighted by Gasteiger charge is -2.36. The van der Waals surface area contributed by atoms with E-state index in [1.165, 1.54) is 12.8 Å². The first-order valence-electron chi connectivity index (χ1n) is 8.44. The third-order valence-electron chi connectivity index (χ3n) is 4.40. The minimum absolute atomic E-state index is 0.443. The van der Waals surface area contributed by atoms with Gasteiger partial charge in [-0.1, -0.05) is 6.92 Å². The number of benzene rings is 1. The van der Waals surface area contributed by atoms with Gasteiger partial charge in [0.25, 0.3) is 10.2 Å². The molecule has 1 aliphatic carbocycles. The van der Waals surface area contributed by atoms with E-state index in [1.807, 2.05) is 31.2 Å². The van der Waals surface area contributed by atoms with Gasteiger partial charge in [-0.15, -0.1) is 0 Å². The Kier molecular flexibility index (Phi) is 5.08. The molecule has 1 aromatic carbocycles. The number of nitrogens with one attached hydrogen (secondary N) is 2. The van der Waals surface area contributed by atoms with Gasteiger partial charge >= 0.3 is 0 Å². The second-order valence-corrected chi connectivity index (χ2v) is 7.80. The van der Waals surface area contributed by atoms with E-state index in [2.05, 4.69) is 19.2 Å². The van der Waals surface area contributed by atoms with Crippen molar-refractivity contribution in [3.8, 4) is 0 Å². The highest BCUT2D eigenvalue weighted by molar-refractivity contribution is 7.90. The summed E-state index contributed by atoms with van der Waals surface area (Å²) in [4.78, 5) is 4.95. The number of hydrogen-bond acceptors (Lipinski definition) is 4. The fraction of sp³-hybridized carbons (Fsp3) is 0.625. The molecule has 1 aromatic rings. The van der Waals surface area contributed by atoms with Crippen LogP contribution in [-0.2, 0) is 10.2 Å². The van der Waals surface area contributed by atoms with Gasteiger partial charge in [0, 0.05) is 50.1 Å². The molecule has 2 N–H and O–H groups in total. The Morgan fingerprint density at radius 2 is 1.74 bits per heavy atom. The molecule has 23 heavy (non-hydrogen) atoms. The summed E-state index contributed by atoms with van der Waals surface area (Å²) < 4.78 is 28.7. The van der Waals surface area contributed by atoms with Crippen LogP contribution in [0.2, 0.25) is 0 Å². The van der Waals surface area contributed by atoms with Crippen LogP contribution < -0.4 is 14.3 Å². The van der Waals surface area contributed by atoms with Crippen molar-refractivity contribution in [2.45, 2.75) is 32.2 Å². The second kappa shape index (κ2) is 7.07. The van der Waals surface area contributed by atoms with Gasteiger partial charge in [-0.05, 0) is 43.5 Å². The van der Waals surface area contributed by atoms with E-state index in [-0.39, 0.29) is 0 Å². The maximum absolute atomic E-state index is 11.8. The smallest absolute Gasteiger partial charge is 0.299 e. The highest BCUT2D eigenvalue weighted by atomic mass is 32.2. The van der Waals surface area contributed by atoms with Gasteiger partial charge in [-0.3, -0.25) is 9.62 Å². The zero-order valence-electron chi connectivity index (χ0n) is 13.7. The minimum Gasteiger partial charge on any atom is -0.369 e. The van der Waals surface area contributed by atoms with Crippen molar-refractivity contribution in [3.05, 3.63) is 24.3 Å². The summed E-state index contributed by atoms with van der Waals surface area (Å²) in [5.74, 6) is 0. The van der Waals surface area contributed by atoms with Crippen LogP contribution >= 0.6 is 0 Å². The van der Waals surface area contributed by atoms with Gasteiger partial charge in [0.15, 0.2) is 0 Å². The Labute approximate surface area is 139 Å². The molecule has 128 valence electrons. The summed E-state index contributed by atoms with van der Waals surface area (Å²) in [5.41, 5.74) is 1.75. The van der Waals surface area contributed by atoms with Crippen molar-refractivity contribution in [2.24, 2.45) is 0 Å². The summed E-state index contributed by atoms with van der Waals surface area (Å²) in [6.07, 6.45) is 3.49. The van der Waals surface area contributed by atoms with E-state index >= 15 is 0 Å². The molecule has 1 aliphatic heterocycles. The van der Waals surface area contributed by atoms with Gasteiger partial charge in [-0.25, -0.2) is 0 Å². The molecular formula is C16H26N4O2S. The Hall–Kier alpha value is -1.31. The minimum atomic E-state index is -3.46. The van der Waals surface area contributed by atoms with Crippen LogP contribution in [0.15, 0.2) is 24.3 Å². The fourth-order valence-electron chi connectivity index (χ4n) is 2.95. The molecular weight excluding hydrogens is 312 g/mol. The van der Waals surface area contributed by atoms with Crippen LogP contribution in [0.3, 0.4) is 0 Å². The van der Waals surface area contributed by atoms with Gasteiger partial charge < -0.3 is 4.90 Å². The molecule has 0 bridgehead atoms. The monoisotopic (exact) mass is 338 g/mol. The third kappa shape index (κ3) is 4.59. The highest BCUT2D eigenvalue weighted by Gasteiger charge is 2.31. The van der Waals surface area contributed by atoms with Crippen LogP contribution in [0.5, 0.6) is 0 Å². The molecule has 0 radical (unpaired) electrons. The van der Waals surface area contributed by atoms with E-state index in [0.29, 0.717) is 12.2 Å². The molecule has 1 heterocycles. The first kappa shape index (κ1) is 16.5. The maximum atomic E-state index is 11.8. The molecule has 2 aliphatic rings. The predicted molar refractivity (Wildman–Crippen MR) is 94.1 cm³/mol. The highest BCUT2D eigenvalue weighted by Crippen LogP contribution is 2.28. The average Bonchev–Trinajstić information content (AvgIpc) is 3.39. The van der Waals surface area contributed by atoms with Crippen LogP contribution in [0, 0.1) is 0 Å². The van der Waals surface area contributed by atoms with Crippen molar-refractivity contribution < 1.29 is 8.42 Å². The summed E-state index contributed by atoms with van der Waals surface area (Å²) >= 11 is 0. The van der Waals surface area contributed by atoms with Crippen molar-refractivity contribution in [1.82, 2.24) is 9.62 Å². The Morgan fingerprint density at radius 1 is 1.09 bits per heavy atom. The topological polar surface area (TPSA) is 64.7 Å². The number of piperazine rings is 1. The molecule has 7 heteroatoms. The Bertz CT molecular complexity index is 605. The van der Waals surface area contributed by atoms with E-state index in [4.69, 9.17) is 0 Å². The molecule has 0 aromatic heterocycles. The Balaban J connectivity index is 1.54. The van der Waals surface area contributed by atoms with E-state index in [0.717, 1.165) is 44.3 Å². The fourth-order valence-corrected chi connectivity index (χ4v) is 3.94. The molecule has 0 unspecified atom stereocenters. The molecule has 2 fully saturated rings. The molecule has 0 spiro atoms. The summed E-state index contributed by atoms with van der Waals surface area (Å²) in [5, 5.41) is 0. The molecule has 1 saturated carbocycles. The lowest BCUT2D eigenvalue weighted by molar-refractivity contribution is 0.248. The van der Waals surface area contributed by atoms with Gasteiger partial charge in [0.05, 0.1) is 0 Å². The summed E-state index contributed by atoms with van der Waals surface area (Å²) in [6.45, 7) is 6.71. The largest absolute Gasteiger partial charge is 0.369 e. The summed E-state index contributed by atoms with van der Waals surface area (Å²) in [7, 11) is -3.46. The normalized spacial score (nSPS) is 19.8. The van der Waals surface area contributed by atoms with E-state index in [9.17, 15) is 8.42 Å². The first-order chi connectivity index (χ1) is 11.1. The van der Waals surface area contributed by atoms with Gasteiger partial charge in [0.1, 0.15) is 0 Å². The maximum Gasteiger partial charge on any atom is 0.299 e. The van der Waals surface area contributed by atoms with Crippen LogP contribution in [0.25, 0.3) is 0 Å². The summed E-state index contributed by atoms with van der Waals surface area (Å²) in [6, 6.07) is 8.47. The quantitative estimate of drug-likeness (QED) is 0.793. The first-order valence-corrected chi connectivity index (χ1v) is 9.92. The standard InChI is InChI=1S/C16H26N4O2S/c1-2-9-17-23(21,22)18-14-3-5-15(6-4-14)19-10-12-20(13-11-19)16-7-8-16/h3-6,16-18H,2,7-13H2,1H3. The predicted octanol–water partition coefficient (Wildman–Crippen LogP) is 1.63. The van der Waals surface area contributed by atoms with Crippen LogP contribution in [0.1, 0.15) is 26.2 Å². The average molecular weight is 338 g/mol. The van der Waals surface area contributed by atoms with Crippen molar-refractivity contribution in [1.29, 1.82) is 0 Å². The zero-order valence-corrected chi connectivity index (χ0v) is 14.5. The number of rotatable bonds is 7.